The summed E-state index contributed by atoms with van der Waals surface area (Å²) in [5, 5.41) is 0. The molecule has 0 spiro atoms. The Bertz CT molecular complexity index is 944. The van der Waals surface area contributed by atoms with Crippen molar-refractivity contribution in [1.82, 2.24) is 4.98 Å². The number of carbonyl (C=O) groups excluding carboxylic acids is 1. The molecule has 0 saturated heterocycles. The predicted molar refractivity (Wildman–Crippen MR) is 106 cm³/mol. The van der Waals surface area contributed by atoms with E-state index in [1.165, 1.54) is 18.2 Å². The van der Waals surface area contributed by atoms with Crippen molar-refractivity contribution in [2.45, 2.75) is 26.1 Å². The second kappa shape index (κ2) is 8.47. The van der Waals surface area contributed by atoms with Crippen molar-refractivity contribution in [3.05, 3.63) is 64.8 Å². The van der Waals surface area contributed by atoms with E-state index < -0.39 is 41.2 Å². The summed E-state index contributed by atoms with van der Waals surface area (Å²) >= 11 is 11.3. The van der Waals surface area contributed by atoms with Gasteiger partial charge in [-0.2, -0.15) is 13.2 Å². The average Bonchev–Trinajstić information content (AvgIpc) is 3.19. The van der Waals surface area contributed by atoms with Crippen molar-refractivity contribution >= 4 is 29.2 Å². The van der Waals surface area contributed by atoms with E-state index in [4.69, 9.17) is 32.7 Å². The number of esters is 1. The molecule has 30 heavy (non-hydrogen) atoms. The Balaban J connectivity index is 1.81. The Hall–Kier alpha value is -2.25. The fraction of sp³-hybridized carbons (Fsp3) is 0.333. The molecule has 9 heteroatoms. The lowest BCUT2D eigenvalue weighted by atomic mass is 10.1. The van der Waals surface area contributed by atoms with Gasteiger partial charge in [-0.05, 0) is 35.6 Å². The number of aromatic nitrogens is 1. The van der Waals surface area contributed by atoms with E-state index >= 15 is 0 Å². The van der Waals surface area contributed by atoms with Gasteiger partial charge in [0.25, 0.3) is 0 Å². The summed E-state index contributed by atoms with van der Waals surface area (Å²) in [6, 6.07) is 12.4. The molecule has 1 heterocycles. The zero-order valence-corrected chi connectivity index (χ0v) is 17.5. The second-order valence-corrected chi connectivity index (χ2v) is 8.46. The molecule has 1 aliphatic rings. The van der Waals surface area contributed by atoms with Crippen LogP contribution in [0.25, 0.3) is 0 Å². The molecule has 3 rings (SSSR count). The van der Waals surface area contributed by atoms with Crippen LogP contribution in [0.1, 0.15) is 25.6 Å². The van der Waals surface area contributed by atoms with Crippen LogP contribution >= 0.6 is 23.2 Å². The van der Waals surface area contributed by atoms with Crippen LogP contribution in [-0.4, -0.2) is 17.1 Å². The van der Waals surface area contributed by atoms with Crippen molar-refractivity contribution in [3.63, 3.8) is 0 Å². The van der Waals surface area contributed by atoms with Crippen LogP contribution in [0.5, 0.6) is 11.6 Å². The van der Waals surface area contributed by atoms with Gasteiger partial charge < -0.3 is 9.47 Å². The van der Waals surface area contributed by atoms with Crippen molar-refractivity contribution in [2.75, 3.05) is 0 Å². The molecule has 2 aromatic rings. The number of pyridine rings is 1. The Morgan fingerprint density at radius 2 is 1.80 bits per heavy atom. The number of rotatable bonds is 6. The number of halogens is 5. The maximum Gasteiger partial charge on any atom is 0.431 e. The number of carbonyl (C=O) groups is 1. The Morgan fingerprint density at radius 3 is 2.40 bits per heavy atom. The van der Waals surface area contributed by atoms with Crippen LogP contribution in [0.3, 0.4) is 0 Å². The Labute approximate surface area is 181 Å². The SMILES string of the molecule is CC1(C)[C@H](C(=O)OC(c2cccc(Oc3ccccc3)n2)C(F)(F)F)[C@@H]1C=C(Cl)Cl. The highest BCUT2D eigenvalue weighted by atomic mass is 35.5. The minimum atomic E-state index is -4.86. The largest absolute Gasteiger partial charge is 0.446 e. The molecule has 0 N–H and O–H groups in total. The number of hydrogen-bond donors (Lipinski definition) is 0. The van der Waals surface area contributed by atoms with Crippen LogP contribution < -0.4 is 4.74 Å². The number of hydrogen-bond acceptors (Lipinski definition) is 4. The standard InChI is InChI=1S/C21H18Cl2F3NO3/c1-20(2)13(11-15(22)23)17(20)19(28)30-18(21(24,25)26)14-9-6-10-16(27-14)29-12-7-4-3-5-8-12/h3-11,13,17-18H,1-2H3/t13-,17-,18?/m0/s1. The molecule has 0 aliphatic heterocycles. The first kappa shape index (κ1) is 22.4. The summed E-state index contributed by atoms with van der Waals surface area (Å²) in [5.74, 6) is -1.84. The lowest BCUT2D eigenvalue weighted by molar-refractivity contribution is -0.226. The smallest absolute Gasteiger partial charge is 0.431 e. The Kier molecular flexibility index (Phi) is 6.34. The summed E-state index contributed by atoms with van der Waals surface area (Å²) in [6.45, 7) is 3.46. The molecule has 1 aromatic carbocycles. The van der Waals surface area contributed by atoms with E-state index in [1.54, 1.807) is 44.2 Å². The van der Waals surface area contributed by atoms with Crippen LogP contribution in [0.4, 0.5) is 13.2 Å². The fourth-order valence-electron chi connectivity index (χ4n) is 3.30. The van der Waals surface area contributed by atoms with Gasteiger partial charge in [-0.1, -0.05) is 61.3 Å². The molecular formula is C21H18Cl2F3NO3. The molecule has 4 nitrogen and oxygen atoms in total. The van der Waals surface area contributed by atoms with Crippen molar-refractivity contribution in [2.24, 2.45) is 17.3 Å². The second-order valence-electron chi connectivity index (χ2n) is 7.46. The van der Waals surface area contributed by atoms with Gasteiger partial charge in [-0.15, -0.1) is 0 Å². The molecule has 1 aromatic heterocycles. The number of ether oxygens (including phenoxy) is 2. The summed E-state index contributed by atoms with van der Waals surface area (Å²) in [5.41, 5.74) is -1.10. The highest BCUT2D eigenvalue weighted by molar-refractivity contribution is 6.55. The molecule has 3 atom stereocenters. The zero-order valence-electron chi connectivity index (χ0n) is 16.0. The predicted octanol–water partition coefficient (Wildman–Crippen LogP) is 6.61. The third-order valence-electron chi connectivity index (χ3n) is 4.98. The third-order valence-corrected chi connectivity index (χ3v) is 5.23. The van der Waals surface area contributed by atoms with Gasteiger partial charge >= 0.3 is 12.1 Å². The fourth-order valence-corrected chi connectivity index (χ4v) is 3.57. The molecule has 1 unspecified atom stereocenters. The van der Waals surface area contributed by atoms with Crippen LogP contribution in [-0.2, 0) is 9.53 Å². The normalized spacial score (nSPS) is 20.8. The first-order chi connectivity index (χ1) is 14.0. The monoisotopic (exact) mass is 459 g/mol. The van der Waals surface area contributed by atoms with E-state index in [2.05, 4.69) is 4.98 Å². The lowest BCUT2D eigenvalue weighted by Crippen LogP contribution is -2.28. The number of benzene rings is 1. The summed E-state index contributed by atoms with van der Waals surface area (Å²) in [7, 11) is 0. The van der Waals surface area contributed by atoms with E-state index in [0.717, 1.165) is 6.07 Å². The van der Waals surface area contributed by atoms with E-state index in [1.807, 2.05) is 0 Å². The molecule has 1 aliphatic carbocycles. The minimum Gasteiger partial charge on any atom is -0.446 e. The highest BCUT2D eigenvalue weighted by Gasteiger charge is 2.62. The van der Waals surface area contributed by atoms with Gasteiger partial charge in [0.2, 0.25) is 12.0 Å². The average molecular weight is 460 g/mol. The molecule has 160 valence electrons. The molecule has 1 saturated carbocycles. The van der Waals surface area contributed by atoms with Crippen LogP contribution in [0.15, 0.2) is 59.1 Å². The minimum absolute atomic E-state index is 0.0505. The molecular weight excluding hydrogens is 442 g/mol. The van der Waals surface area contributed by atoms with E-state index in [9.17, 15) is 18.0 Å². The van der Waals surface area contributed by atoms with Crippen LogP contribution in [0.2, 0.25) is 0 Å². The van der Waals surface area contributed by atoms with Gasteiger partial charge in [0, 0.05) is 6.07 Å². The highest BCUT2D eigenvalue weighted by Crippen LogP contribution is 2.60. The first-order valence-electron chi connectivity index (χ1n) is 9.00. The number of allylic oxidation sites excluding steroid dienone is 1. The van der Waals surface area contributed by atoms with Gasteiger partial charge in [0.05, 0.1) is 11.6 Å². The molecule has 1 fully saturated rings. The quantitative estimate of drug-likeness (QED) is 0.455. The maximum absolute atomic E-state index is 13.7. The topological polar surface area (TPSA) is 48.4 Å². The number of alkyl halides is 3. The van der Waals surface area contributed by atoms with Gasteiger partial charge in [-0.3, -0.25) is 4.79 Å². The van der Waals surface area contributed by atoms with Gasteiger partial charge in [-0.25, -0.2) is 4.98 Å². The summed E-state index contributed by atoms with van der Waals surface area (Å²) in [6.07, 6.45) is -5.95. The van der Waals surface area contributed by atoms with Crippen molar-refractivity contribution in [3.8, 4) is 11.6 Å². The number of para-hydroxylation sites is 1. The molecule has 0 bridgehead atoms. The summed E-state index contributed by atoms with van der Waals surface area (Å²) < 4.78 is 51.4. The summed E-state index contributed by atoms with van der Waals surface area (Å²) in [4.78, 5) is 16.4. The molecule has 0 radical (unpaired) electrons. The Morgan fingerprint density at radius 1 is 1.13 bits per heavy atom. The van der Waals surface area contributed by atoms with E-state index in [0.29, 0.717) is 5.75 Å². The number of nitrogens with zero attached hydrogens (tertiary/aromatic N) is 1. The van der Waals surface area contributed by atoms with Crippen molar-refractivity contribution in [1.29, 1.82) is 0 Å². The third kappa shape index (κ3) is 5.08. The first-order valence-corrected chi connectivity index (χ1v) is 9.75. The van der Waals surface area contributed by atoms with Gasteiger partial charge in [0.1, 0.15) is 10.2 Å². The van der Waals surface area contributed by atoms with Gasteiger partial charge in [0.15, 0.2) is 0 Å². The van der Waals surface area contributed by atoms with E-state index in [-0.39, 0.29) is 10.4 Å². The zero-order chi connectivity index (χ0) is 22.1. The molecule has 0 amide bonds. The van der Waals surface area contributed by atoms with Crippen molar-refractivity contribution < 1.29 is 27.4 Å². The lowest BCUT2D eigenvalue weighted by Gasteiger charge is -2.21. The maximum atomic E-state index is 13.7. The van der Waals surface area contributed by atoms with Crippen LogP contribution in [0, 0.1) is 17.3 Å².